The first-order chi connectivity index (χ1) is 27.8. The number of ether oxygens (including phenoxy) is 5. The minimum absolute atomic E-state index is 0.00365. The van der Waals surface area contributed by atoms with Crippen molar-refractivity contribution in [2.24, 2.45) is 47.3 Å². The molecule has 6 aliphatic rings. The average molecular weight is 832 g/mol. The summed E-state index contributed by atoms with van der Waals surface area (Å²) in [4.78, 5) is 40.2. The Morgan fingerprint density at radius 3 is 2.15 bits per heavy atom. The Kier molecular flexibility index (Phi) is 14.2. The van der Waals surface area contributed by atoms with Gasteiger partial charge >= 0.3 is 5.97 Å². The van der Waals surface area contributed by atoms with Gasteiger partial charge in [-0.3, -0.25) is 14.4 Å². The molecule has 18 atom stereocenters. The summed E-state index contributed by atoms with van der Waals surface area (Å²) in [6.07, 6.45) is 9.75. The van der Waals surface area contributed by atoms with Crippen LogP contribution in [0.2, 0.25) is 0 Å². The lowest BCUT2D eigenvalue weighted by atomic mass is 9.72. The average Bonchev–Trinajstić information content (AvgIpc) is 3.52. The number of hydrogen-bond acceptors (Lipinski definition) is 10. The number of carbonyl (C=O) groups excluding carboxylic acids is 2. The second-order valence-corrected chi connectivity index (χ2v) is 20.1. The first-order valence-corrected chi connectivity index (χ1v) is 23.3. The number of aliphatic hydroxyl groups excluding tert-OH is 1. The summed E-state index contributed by atoms with van der Waals surface area (Å²) < 4.78 is 34.6. The topological polar surface area (TPSA) is 170 Å². The van der Waals surface area contributed by atoms with Crippen LogP contribution in [0.3, 0.4) is 0 Å². The van der Waals surface area contributed by atoms with E-state index in [2.05, 4.69) is 33.0 Å². The highest BCUT2D eigenvalue weighted by Gasteiger charge is 2.63. The number of ketones is 1. The molecule has 5 aliphatic heterocycles. The van der Waals surface area contributed by atoms with E-state index in [4.69, 9.17) is 23.7 Å². The third-order valence-corrected chi connectivity index (χ3v) is 16.3. The van der Waals surface area contributed by atoms with Crippen molar-refractivity contribution in [3.8, 4) is 0 Å². The lowest BCUT2D eigenvalue weighted by molar-refractivity contribution is -0.398. The van der Waals surface area contributed by atoms with Crippen molar-refractivity contribution < 1.29 is 53.4 Å². The maximum absolute atomic E-state index is 14.6. The fourth-order valence-corrected chi connectivity index (χ4v) is 11.6. The van der Waals surface area contributed by atoms with E-state index in [1.54, 1.807) is 6.92 Å². The number of nitrogens with one attached hydrogen (secondary N) is 1. The van der Waals surface area contributed by atoms with Gasteiger partial charge in [0.25, 0.3) is 0 Å². The van der Waals surface area contributed by atoms with Gasteiger partial charge in [-0.2, -0.15) is 0 Å². The lowest BCUT2D eigenvalue weighted by Gasteiger charge is -2.55. The number of amides is 1. The second kappa shape index (κ2) is 18.0. The van der Waals surface area contributed by atoms with E-state index >= 15 is 0 Å². The molecule has 0 bridgehead atoms. The summed E-state index contributed by atoms with van der Waals surface area (Å²) in [6, 6.07) is -0.572. The number of carboxylic acids is 1. The van der Waals surface area contributed by atoms with Crippen molar-refractivity contribution in [1.29, 1.82) is 0 Å². The predicted octanol–water partition coefficient (Wildman–Crippen LogP) is 7.11. The molecule has 12 heteroatoms. The lowest BCUT2D eigenvalue weighted by Crippen LogP contribution is -2.66. The minimum atomic E-state index is -1.26. The van der Waals surface area contributed by atoms with Crippen LogP contribution in [0, 0.1) is 47.3 Å². The smallest absolute Gasteiger partial charge is 0.309 e. The van der Waals surface area contributed by atoms with Gasteiger partial charge in [-0.05, 0) is 102 Å². The zero-order chi connectivity index (χ0) is 43.2. The monoisotopic (exact) mass is 832 g/mol. The van der Waals surface area contributed by atoms with Gasteiger partial charge in [-0.1, -0.05) is 67.9 Å². The van der Waals surface area contributed by atoms with E-state index in [1.807, 2.05) is 46.8 Å². The van der Waals surface area contributed by atoms with Crippen molar-refractivity contribution in [1.82, 2.24) is 5.32 Å². The molecule has 5 fully saturated rings. The summed E-state index contributed by atoms with van der Waals surface area (Å²) in [5, 5.41) is 36.2. The Hall–Kier alpha value is -1.93. The van der Waals surface area contributed by atoms with E-state index in [-0.39, 0.29) is 53.7 Å². The molecule has 0 aromatic heterocycles. The van der Waals surface area contributed by atoms with Crippen LogP contribution in [0.4, 0.5) is 0 Å². The van der Waals surface area contributed by atoms with Crippen molar-refractivity contribution >= 4 is 17.7 Å². The number of aliphatic hydroxyl groups is 2. The number of carbonyl (C=O) groups is 3. The van der Waals surface area contributed by atoms with E-state index in [0.717, 1.165) is 25.7 Å². The first-order valence-electron chi connectivity index (χ1n) is 23.3. The molecule has 1 amide bonds. The first kappa shape index (κ1) is 46.6. The van der Waals surface area contributed by atoms with Crippen molar-refractivity contribution in [3.05, 3.63) is 12.2 Å². The number of hydrogen-bond donors (Lipinski definition) is 4. The van der Waals surface area contributed by atoms with Crippen LogP contribution < -0.4 is 5.32 Å². The number of aliphatic carboxylic acids is 1. The summed E-state index contributed by atoms with van der Waals surface area (Å²) in [7, 11) is 0. The highest BCUT2D eigenvalue weighted by molar-refractivity contribution is 5.84. The van der Waals surface area contributed by atoms with Gasteiger partial charge in [0.05, 0.1) is 53.7 Å². The van der Waals surface area contributed by atoms with Gasteiger partial charge < -0.3 is 44.3 Å². The number of rotatable bonds is 14. The maximum atomic E-state index is 14.6. The van der Waals surface area contributed by atoms with Crippen LogP contribution in [0.25, 0.3) is 0 Å². The molecule has 4 N–H and O–H groups in total. The third-order valence-electron chi connectivity index (χ3n) is 16.3. The Morgan fingerprint density at radius 1 is 0.864 bits per heavy atom. The molecule has 336 valence electrons. The van der Waals surface area contributed by atoms with Gasteiger partial charge in [-0.25, -0.2) is 0 Å². The van der Waals surface area contributed by atoms with Gasteiger partial charge in [-0.15, -0.1) is 0 Å². The molecule has 0 aromatic carbocycles. The van der Waals surface area contributed by atoms with Gasteiger partial charge in [0.15, 0.2) is 11.6 Å². The van der Waals surface area contributed by atoms with E-state index in [9.17, 15) is 29.7 Å². The molecule has 2 spiro atoms. The van der Waals surface area contributed by atoms with E-state index in [1.165, 1.54) is 0 Å². The Morgan fingerprint density at radius 2 is 1.56 bits per heavy atom. The third kappa shape index (κ3) is 8.85. The minimum Gasteiger partial charge on any atom is -0.481 e. The van der Waals surface area contributed by atoms with Crippen molar-refractivity contribution in [3.63, 3.8) is 0 Å². The van der Waals surface area contributed by atoms with Gasteiger partial charge in [0.2, 0.25) is 5.91 Å². The standard InChI is InChI=1S/C47H77NO11/c1-11-33(43(52)53)35-18-17-26(4)40(56-35)30(8)38(49)29(7)39(50)34(12-2)41-27(5)25-28(6)46(57-41)22-19-36(48-42(51)32-15-14-16-32)47(59-46)24-23-44(10,58-47)37-20-21-45(54,13-3)31(9)55-37/h19,22,26-38,40-41,49,54H,11-18,20-21,23-25H2,1-10H3,(H,48,51)(H,52,53)/t26-,27-,28+,29-,30-,31-,33+,34?,35+,36?,37+,38+,40+,41-,44-,45+,46-,47-/m0/s1. The Labute approximate surface area is 353 Å². The van der Waals surface area contributed by atoms with Gasteiger partial charge in [0, 0.05) is 36.0 Å². The summed E-state index contributed by atoms with van der Waals surface area (Å²) in [5.41, 5.74) is -1.65. The van der Waals surface area contributed by atoms with E-state index < -0.39 is 76.8 Å². The molecular formula is C47H77NO11. The highest BCUT2D eigenvalue weighted by atomic mass is 16.8. The fraction of sp³-hybridized carbons (Fsp3) is 0.894. The quantitative estimate of drug-likeness (QED) is 0.132. The van der Waals surface area contributed by atoms with Crippen LogP contribution in [-0.4, -0.2) is 98.4 Å². The molecule has 59 heavy (non-hydrogen) atoms. The number of carboxylic acid groups (broad SMARTS) is 1. The normalized spacial score (nSPS) is 44.0. The molecule has 4 saturated heterocycles. The van der Waals surface area contributed by atoms with Crippen molar-refractivity contribution in [2.75, 3.05) is 0 Å². The summed E-state index contributed by atoms with van der Waals surface area (Å²) >= 11 is 0. The fourth-order valence-electron chi connectivity index (χ4n) is 11.6. The molecule has 0 aromatic rings. The zero-order valence-electron chi connectivity index (χ0n) is 37.6. The molecule has 5 heterocycles. The van der Waals surface area contributed by atoms with Crippen LogP contribution in [-0.2, 0) is 38.1 Å². The van der Waals surface area contributed by atoms with Crippen LogP contribution in [0.1, 0.15) is 153 Å². The van der Waals surface area contributed by atoms with Crippen LogP contribution in [0.5, 0.6) is 0 Å². The molecule has 1 saturated carbocycles. The van der Waals surface area contributed by atoms with Crippen LogP contribution in [0.15, 0.2) is 12.2 Å². The molecule has 0 radical (unpaired) electrons. The number of Topliss-reactive ketones (excluding diaryl/α,β-unsaturated/α-hetero) is 1. The van der Waals surface area contributed by atoms with Crippen molar-refractivity contribution in [2.45, 2.75) is 218 Å². The largest absolute Gasteiger partial charge is 0.481 e. The molecular weight excluding hydrogens is 755 g/mol. The molecule has 2 unspecified atom stereocenters. The second-order valence-electron chi connectivity index (χ2n) is 20.1. The van der Waals surface area contributed by atoms with Gasteiger partial charge in [0.1, 0.15) is 11.8 Å². The SMILES string of the molecule is CCC(C(=O)[C@@H](C)[C@@H](O)[C@H](C)[C@@H]1O[C@@H]([C@@H](CC)C(=O)O)CC[C@@H]1C)[C@H]1O[C@]2(C=CC(NC(=O)C3CCC3)[C@]3(CC[C@@](C)([C@H]4CC[C@](O)(CC)[C@H](C)O4)O3)O2)[C@H](C)C[C@@H]1C. The molecule has 1 aliphatic carbocycles. The summed E-state index contributed by atoms with van der Waals surface area (Å²) in [5.74, 6) is -5.76. The molecule has 6 rings (SSSR count). The highest BCUT2D eigenvalue weighted by Crippen LogP contribution is 2.54. The Balaban J connectivity index is 1.23. The summed E-state index contributed by atoms with van der Waals surface area (Å²) in [6.45, 7) is 19.8. The zero-order valence-corrected chi connectivity index (χ0v) is 37.6. The van der Waals surface area contributed by atoms with Crippen LogP contribution >= 0.6 is 0 Å². The van der Waals surface area contributed by atoms with E-state index in [0.29, 0.717) is 57.8 Å². The maximum Gasteiger partial charge on any atom is 0.309 e. The molecule has 12 nitrogen and oxygen atoms in total. The predicted molar refractivity (Wildman–Crippen MR) is 222 cm³/mol. The Bertz CT molecular complexity index is 1540.